The molecule has 0 fully saturated rings. The normalized spacial score (nSPS) is 12.6. The van der Waals surface area contributed by atoms with Crippen molar-refractivity contribution >= 4 is 15.9 Å². The van der Waals surface area contributed by atoms with E-state index in [-0.39, 0.29) is 25.0 Å². The summed E-state index contributed by atoms with van der Waals surface area (Å²) in [7, 11) is -3.52. The molecule has 1 atom stereocenters. The number of carbonyl (C=O) groups excluding carboxylic acids is 1. The molecule has 1 N–H and O–H groups in total. The summed E-state index contributed by atoms with van der Waals surface area (Å²) in [6.45, 7) is 3.99. The maximum atomic E-state index is 12.3. The molecule has 7 heteroatoms. The first-order valence-electron chi connectivity index (χ1n) is 8.72. The van der Waals surface area contributed by atoms with E-state index >= 15 is 0 Å². The average molecular weight is 391 g/mol. The summed E-state index contributed by atoms with van der Waals surface area (Å²) < 4.78 is 30.9. The van der Waals surface area contributed by atoms with Crippen molar-refractivity contribution in [1.29, 1.82) is 0 Å². The van der Waals surface area contributed by atoms with Gasteiger partial charge in [0, 0.05) is 6.54 Å². The van der Waals surface area contributed by atoms with Gasteiger partial charge in [0.05, 0.1) is 18.8 Å². The second kappa shape index (κ2) is 9.53. The molecule has 0 aliphatic rings. The highest BCUT2D eigenvalue weighted by Gasteiger charge is 2.21. The van der Waals surface area contributed by atoms with E-state index in [2.05, 4.69) is 5.32 Å². The van der Waals surface area contributed by atoms with Gasteiger partial charge in [-0.1, -0.05) is 48.0 Å². The molecule has 27 heavy (non-hydrogen) atoms. The van der Waals surface area contributed by atoms with E-state index < -0.39 is 10.0 Å². The summed E-state index contributed by atoms with van der Waals surface area (Å²) >= 11 is 0. The van der Waals surface area contributed by atoms with E-state index in [1.54, 1.807) is 0 Å². The summed E-state index contributed by atoms with van der Waals surface area (Å²) in [6, 6.07) is 16.6. The minimum absolute atomic E-state index is 0.154. The van der Waals surface area contributed by atoms with Gasteiger partial charge in [-0.3, -0.25) is 4.79 Å². The molecule has 146 valence electrons. The summed E-state index contributed by atoms with van der Waals surface area (Å²) in [5.74, 6) is 0.354. The van der Waals surface area contributed by atoms with Gasteiger partial charge < -0.3 is 10.1 Å². The average Bonchev–Trinajstić information content (AvgIpc) is 2.61. The lowest BCUT2D eigenvalue weighted by atomic mass is 10.1. The van der Waals surface area contributed by atoms with Gasteiger partial charge >= 0.3 is 0 Å². The van der Waals surface area contributed by atoms with Crippen molar-refractivity contribution in [3.63, 3.8) is 0 Å². The molecule has 2 aromatic rings. The number of hydrogen-bond acceptors (Lipinski definition) is 4. The van der Waals surface area contributed by atoms with Crippen LogP contribution in [0.3, 0.4) is 0 Å². The predicted octanol–water partition coefficient (Wildman–Crippen LogP) is 2.34. The highest BCUT2D eigenvalue weighted by Crippen LogP contribution is 2.10. The molecule has 0 bridgehead atoms. The van der Waals surface area contributed by atoms with Crippen LogP contribution in [0.15, 0.2) is 54.6 Å². The second-order valence-corrected chi connectivity index (χ2v) is 8.59. The van der Waals surface area contributed by atoms with E-state index in [9.17, 15) is 13.2 Å². The monoisotopic (exact) mass is 390 g/mol. The van der Waals surface area contributed by atoms with E-state index in [0.29, 0.717) is 6.61 Å². The number of benzene rings is 2. The fourth-order valence-electron chi connectivity index (χ4n) is 2.45. The molecule has 0 spiro atoms. The summed E-state index contributed by atoms with van der Waals surface area (Å²) in [6.07, 6.45) is 1.11. The lowest BCUT2D eigenvalue weighted by Crippen LogP contribution is -2.44. The third kappa shape index (κ3) is 7.40. The summed E-state index contributed by atoms with van der Waals surface area (Å²) in [5, 5.41) is 2.78. The first-order chi connectivity index (χ1) is 12.7. The zero-order chi connectivity index (χ0) is 19.9. The molecule has 0 radical (unpaired) electrons. The molecule has 1 unspecified atom stereocenters. The van der Waals surface area contributed by atoms with Crippen molar-refractivity contribution in [2.24, 2.45) is 0 Å². The van der Waals surface area contributed by atoms with Crippen LogP contribution in [-0.4, -0.2) is 44.1 Å². The fraction of sp³-hybridized carbons (Fsp3) is 0.350. The molecular formula is C20H26N2O4S. The standard InChI is InChI=1S/C20H26N2O4S/c1-16-9-11-18(12-10-16)13-22(27(3,24)25)14-20(23)21-17(2)15-26-19-7-5-4-6-8-19/h4-12,17H,13-15H2,1-3H3,(H,21,23). The number of aryl methyl sites for hydroxylation is 1. The van der Waals surface area contributed by atoms with Crippen molar-refractivity contribution in [2.45, 2.75) is 26.4 Å². The Balaban J connectivity index is 1.90. The van der Waals surface area contributed by atoms with Crippen LogP contribution in [0.5, 0.6) is 5.75 Å². The second-order valence-electron chi connectivity index (χ2n) is 6.61. The minimum atomic E-state index is -3.52. The maximum absolute atomic E-state index is 12.3. The van der Waals surface area contributed by atoms with Gasteiger partial charge in [0.25, 0.3) is 0 Å². The topological polar surface area (TPSA) is 75.7 Å². The highest BCUT2D eigenvalue weighted by molar-refractivity contribution is 7.88. The van der Waals surface area contributed by atoms with Gasteiger partial charge in [0.2, 0.25) is 15.9 Å². The molecule has 2 aromatic carbocycles. The Bertz CT molecular complexity index is 836. The Morgan fingerprint density at radius 2 is 1.74 bits per heavy atom. The molecule has 0 heterocycles. The zero-order valence-corrected chi connectivity index (χ0v) is 16.7. The molecule has 0 aromatic heterocycles. The van der Waals surface area contributed by atoms with Crippen LogP contribution < -0.4 is 10.1 Å². The molecule has 0 aliphatic carbocycles. The van der Waals surface area contributed by atoms with Gasteiger partial charge in [-0.05, 0) is 31.5 Å². The zero-order valence-electron chi connectivity index (χ0n) is 15.9. The molecule has 0 aliphatic heterocycles. The van der Waals surface area contributed by atoms with Gasteiger partial charge in [-0.15, -0.1) is 0 Å². The number of ether oxygens (including phenoxy) is 1. The van der Waals surface area contributed by atoms with Crippen molar-refractivity contribution in [1.82, 2.24) is 9.62 Å². The number of rotatable bonds is 9. The van der Waals surface area contributed by atoms with Gasteiger partial charge in [0.15, 0.2) is 0 Å². The largest absolute Gasteiger partial charge is 0.491 e. The number of nitrogens with one attached hydrogen (secondary N) is 1. The Labute approximate surface area is 161 Å². The van der Waals surface area contributed by atoms with Gasteiger partial charge in [0.1, 0.15) is 12.4 Å². The van der Waals surface area contributed by atoms with Crippen molar-refractivity contribution in [3.05, 3.63) is 65.7 Å². The maximum Gasteiger partial charge on any atom is 0.235 e. The summed E-state index contributed by atoms with van der Waals surface area (Å²) in [4.78, 5) is 12.3. The van der Waals surface area contributed by atoms with Crippen molar-refractivity contribution in [2.75, 3.05) is 19.4 Å². The number of amides is 1. The first kappa shape index (κ1) is 20.9. The number of para-hydroxylation sites is 1. The Morgan fingerprint density at radius 3 is 2.33 bits per heavy atom. The molecule has 2 rings (SSSR count). The predicted molar refractivity (Wildman–Crippen MR) is 106 cm³/mol. The highest BCUT2D eigenvalue weighted by atomic mass is 32.2. The molecule has 1 amide bonds. The van der Waals surface area contributed by atoms with Crippen LogP contribution in [0, 0.1) is 6.92 Å². The quantitative estimate of drug-likeness (QED) is 0.713. The molecule has 6 nitrogen and oxygen atoms in total. The van der Waals surface area contributed by atoms with Gasteiger partial charge in [-0.2, -0.15) is 4.31 Å². The van der Waals surface area contributed by atoms with Crippen LogP contribution in [0.25, 0.3) is 0 Å². The Hall–Kier alpha value is -2.38. The van der Waals surface area contributed by atoms with E-state index in [1.165, 1.54) is 0 Å². The lowest BCUT2D eigenvalue weighted by Gasteiger charge is -2.21. The van der Waals surface area contributed by atoms with Crippen molar-refractivity contribution in [3.8, 4) is 5.75 Å². The third-order valence-electron chi connectivity index (χ3n) is 3.92. The number of carbonyl (C=O) groups is 1. The number of nitrogens with zero attached hydrogens (tertiary/aromatic N) is 1. The van der Waals surface area contributed by atoms with E-state index in [1.807, 2.05) is 68.4 Å². The van der Waals surface area contributed by atoms with Gasteiger partial charge in [-0.25, -0.2) is 8.42 Å². The van der Waals surface area contributed by atoms with E-state index in [0.717, 1.165) is 27.4 Å². The molecule has 0 saturated carbocycles. The fourth-order valence-corrected chi connectivity index (χ4v) is 3.18. The summed E-state index contributed by atoms with van der Waals surface area (Å²) in [5.41, 5.74) is 1.92. The number of hydrogen-bond donors (Lipinski definition) is 1. The Morgan fingerprint density at radius 1 is 1.11 bits per heavy atom. The van der Waals surface area contributed by atoms with Crippen LogP contribution in [0.1, 0.15) is 18.1 Å². The SMILES string of the molecule is Cc1ccc(CN(CC(=O)NC(C)COc2ccccc2)S(C)(=O)=O)cc1. The van der Waals surface area contributed by atoms with E-state index in [4.69, 9.17) is 4.74 Å². The minimum Gasteiger partial charge on any atom is -0.491 e. The van der Waals surface area contributed by atoms with Crippen LogP contribution >= 0.6 is 0 Å². The smallest absolute Gasteiger partial charge is 0.235 e. The van der Waals surface area contributed by atoms with Crippen LogP contribution in [0.2, 0.25) is 0 Å². The molecular weight excluding hydrogens is 364 g/mol. The Kier molecular flexibility index (Phi) is 7.38. The first-order valence-corrected chi connectivity index (χ1v) is 10.6. The van der Waals surface area contributed by atoms with Crippen LogP contribution in [-0.2, 0) is 21.4 Å². The molecule has 0 saturated heterocycles. The number of sulfonamides is 1. The third-order valence-corrected chi connectivity index (χ3v) is 5.12. The van der Waals surface area contributed by atoms with Crippen molar-refractivity contribution < 1.29 is 17.9 Å². The lowest BCUT2D eigenvalue weighted by molar-refractivity contribution is -0.122. The van der Waals surface area contributed by atoms with Crippen LogP contribution in [0.4, 0.5) is 0 Å².